The van der Waals surface area contributed by atoms with Gasteiger partial charge in [-0.25, -0.2) is 4.79 Å². The number of morpholine rings is 1. The van der Waals surface area contributed by atoms with E-state index in [9.17, 15) is 9.59 Å². The molecule has 5 heteroatoms. The zero-order chi connectivity index (χ0) is 14.0. The molecule has 1 aliphatic heterocycles. The molecule has 1 fully saturated rings. The molecule has 0 bridgehead atoms. The first-order valence-electron chi connectivity index (χ1n) is 6.19. The molecule has 5 nitrogen and oxygen atoms in total. The third kappa shape index (κ3) is 2.76. The van der Waals surface area contributed by atoms with Crippen LogP contribution in [0.2, 0.25) is 0 Å². The van der Waals surface area contributed by atoms with Gasteiger partial charge in [-0.15, -0.1) is 0 Å². The van der Waals surface area contributed by atoms with Crippen LogP contribution in [0, 0.1) is 13.8 Å². The Morgan fingerprint density at radius 3 is 2.79 bits per heavy atom. The molecule has 19 heavy (non-hydrogen) atoms. The topological polar surface area (TPSA) is 66.8 Å². The van der Waals surface area contributed by atoms with Crippen molar-refractivity contribution in [1.82, 2.24) is 4.90 Å². The average molecular weight is 263 g/mol. The molecule has 1 heterocycles. The Bertz CT molecular complexity index is 512. The molecule has 102 valence electrons. The number of carbonyl (C=O) groups excluding carboxylic acids is 1. The predicted octanol–water partition coefficient (Wildman–Crippen LogP) is 1.23. The number of hydrogen-bond donors (Lipinski definition) is 1. The summed E-state index contributed by atoms with van der Waals surface area (Å²) in [5, 5.41) is 9.15. The lowest BCUT2D eigenvalue weighted by atomic mass is 10.0. The van der Waals surface area contributed by atoms with E-state index < -0.39 is 12.0 Å². The fourth-order valence-corrected chi connectivity index (χ4v) is 2.17. The highest BCUT2D eigenvalue weighted by Gasteiger charge is 2.33. The summed E-state index contributed by atoms with van der Waals surface area (Å²) in [5.74, 6) is -1.27. The van der Waals surface area contributed by atoms with Gasteiger partial charge in [0.05, 0.1) is 13.2 Å². The molecule has 2 rings (SSSR count). The summed E-state index contributed by atoms with van der Waals surface area (Å²) in [6.45, 7) is 4.49. The maximum absolute atomic E-state index is 12.5. The second-order valence-electron chi connectivity index (χ2n) is 4.75. The Hall–Kier alpha value is -1.88. The van der Waals surface area contributed by atoms with Crippen LogP contribution >= 0.6 is 0 Å². The zero-order valence-corrected chi connectivity index (χ0v) is 11.0. The summed E-state index contributed by atoms with van der Waals surface area (Å²) in [4.78, 5) is 25.1. The van der Waals surface area contributed by atoms with Gasteiger partial charge in [-0.1, -0.05) is 17.7 Å². The maximum Gasteiger partial charge on any atom is 0.328 e. The number of rotatable bonds is 2. The van der Waals surface area contributed by atoms with Crippen LogP contribution in [0.5, 0.6) is 0 Å². The number of aryl methyl sites for hydroxylation is 2. The lowest BCUT2D eigenvalue weighted by Gasteiger charge is -2.33. The number of hydrogen-bond acceptors (Lipinski definition) is 3. The van der Waals surface area contributed by atoms with Gasteiger partial charge in [-0.05, 0) is 25.5 Å². The first kappa shape index (κ1) is 13.5. The minimum Gasteiger partial charge on any atom is -0.480 e. The van der Waals surface area contributed by atoms with E-state index in [1.165, 1.54) is 4.90 Å². The van der Waals surface area contributed by atoms with Crippen molar-refractivity contribution in [1.29, 1.82) is 0 Å². The number of ether oxygens (including phenoxy) is 1. The molecule has 1 aromatic carbocycles. The summed E-state index contributed by atoms with van der Waals surface area (Å²) in [6.07, 6.45) is 0. The fraction of sp³-hybridized carbons (Fsp3) is 0.429. The molecule has 0 spiro atoms. The largest absolute Gasteiger partial charge is 0.480 e. The van der Waals surface area contributed by atoms with Crippen LogP contribution in [0.3, 0.4) is 0 Å². The van der Waals surface area contributed by atoms with Gasteiger partial charge in [-0.3, -0.25) is 4.79 Å². The van der Waals surface area contributed by atoms with Gasteiger partial charge in [0.25, 0.3) is 5.91 Å². The SMILES string of the molecule is Cc1ccc(C)c(C(=O)N2CCOCC2C(=O)O)c1. The molecule has 1 unspecified atom stereocenters. The van der Waals surface area contributed by atoms with E-state index in [2.05, 4.69) is 0 Å². The van der Waals surface area contributed by atoms with Gasteiger partial charge >= 0.3 is 5.97 Å². The van der Waals surface area contributed by atoms with Crippen LogP contribution in [0.1, 0.15) is 21.5 Å². The summed E-state index contributed by atoms with van der Waals surface area (Å²) >= 11 is 0. The maximum atomic E-state index is 12.5. The molecule has 0 aromatic heterocycles. The molecule has 1 aliphatic rings. The van der Waals surface area contributed by atoms with Crippen molar-refractivity contribution in [2.75, 3.05) is 19.8 Å². The zero-order valence-electron chi connectivity index (χ0n) is 11.0. The first-order valence-corrected chi connectivity index (χ1v) is 6.19. The summed E-state index contributed by atoms with van der Waals surface area (Å²) in [7, 11) is 0. The quantitative estimate of drug-likeness (QED) is 0.871. The molecule has 1 amide bonds. The number of carboxylic acid groups (broad SMARTS) is 1. The van der Waals surface area contributed by atoms with Crippen molar-refractivity contribution in [3.8, 4) is 0 Å². The molecular formula is C14H17NO4. The summed E-state index contributed by atoms with van der Waals surface area (Å²) in [6, 6.07) is 4.70. The van der Waals surface area contributed by atoms with E-state index in [1.807, 2.05) is 26.0 Å². The van der Waals surface area contributed by atoms with Gasteiger partial charge in [0.15, 0.2) is 6.04 Å². The molecule has 1 aromatic rings. The Balaban J connectivity index is 2.31. The minimum absolute atomic E-state index is 0.0476. The monoisotopic (exact) mass is 263 g/mol. The van der Waals surface area contributed by atoms with Crippen LogP contribution in [-0.2, 0) is 9.53 Å². The van der Waals surface area contributed by atoms with Crippen LogP contribution < -0.4 is 0 Å². The second-order valence-corrected chi connectivity index (χ2v) is 4.75. The fourth-order valence-electron chi connectivity index (χ4n) is 2.17. The van der Waals surface area contributed by atoms with Crippen molar-refractivity contribution in [3.63, 3.8) is 0 Å². The van der Waals surface area contributed by atoms with E-state index in [1.54, 1.807) is 6.07 Å². The van der Waals surface area contributed by atoms with Crippen molar-refractivity contribution >= 4 is 11.9 Å². The van der Waals surface area contributed by atoms with E-state index >= 15 is 0 Å². The first-order chi connectivity index (χ1) is 9.00. The van der Waals surface area contributed by atoms with Crippen molar-refractivity contribution in [3.05, 3.63) is 34.9 Å². The van der Waals surface area contributed by atoms with Crippen molar-refractivity contribution < 1.29 is 19.4 Å². The van der Waals surface area contributed by atoms with Crippen LogP contribution in [0.25, 0.3) is 0 Å². The smallest absolute Gasteiger partial charge is 0.328 e. The van der Waals surface area contributed by atoms with Crippen LogP contribution in [0.4, 0.5) is 0 Å². The number of aliphatic carboxylic acids is 1. The molecule has 1 saturated heterocycles. The number of amides is 1. The van der Waals surface area contributed by atoms with Gasteiger partial charge in [0, 0.05) is 12.1 Å². The minimum atomic E-state index is -1.03. The molecule has 0 aliphatic carbocycles. The molecule has 1 atom stereocenters. The van der Waals surface area contributed by atoms with Crippen molar-refractivity contribution in [2.24, 2.45) is 0 Å². The molecule has 0 radical (unpaired) electrons. The molecule has 0 saturated carbocycles. The average Bonchev–Trinajstić information content (AvgIpc) is 2.40. The van der Waals surface area contributed by atoms with E-state index in [0.29, 0.717) is 18.7 Å². The van der Waals surface area contributed by atoms with Crippen LogP contribution in [-0.4, -0.2) is 47.7 Å². The van der Waals surface area contributed by atoms with Crippen molar-refractivity contribution in [2.45, 2.75) is 19.9 Å². The highest BCUT2D eigenvalue weighted by molar-refractivity contribution is 5.98. The number of nitrogens with zero attached hydrogens (tertiary/aromatic N) is 1. The van der Waals surface area contributed by atoms with Gasteiger partial charge < -0.3 is 14.7 Å². The highest BCUT2D eigenvalue weighted by Crippen LogP contribution is 2.17. The van der Waals surface area contributed by atoms with Gasteiger partial charge in [0.2, 0.25) is 0 Å². The summed E-state index contributed by atoms with van der Waals surface area (Å²) in [5.41, 5.74) is 2.40. The normalized spacial score (nSPS) is 19.3. The summed E-state index contributed by atoms with van der Waals surface area (Å²) < 4.78 is 5.14. The lowest BCUT2D eigenvalue weighted by Crippen LogP contribution is -2.52. The number of carbonyl (C=O) groups is 2. The Kier molecular flexibility index (Phi) is 3.85. The predicted molar refractivity (Wildman–Crippen MR) is 69.2 cm³/mol. The molecule has 1 N–H and O–H groups in total. The van der Waals surface area contributed by atoms with E-state index in [-0.39, 0.29) is 12.5 Å². The van der Waals surface area contributed by atoms with Gasteiger partial charge in [-0.2, -0.15) is 0 Å². The lowest BCUT2D eigenvalue weighted by molar-refractivity contribution is -0.147. The third-order valence-electron chi connectivity index (χ3n) is 3.30. The van der Waals surface area contributed by atoms with E-state index in [0.717, 1.165) is 11.1 Å². The van der Waals surface area contributed by atoms with Crippen LogP contribution in [0.15, 0.2) is 18.2 Å². The number of benzene rings is 1. The standard InChI is InChI=1S/C14H17NO4/c1-9-3-4-10(2)11(7-9)13(16)15-5-6-19-8-12(15)14(17)18/h3-4,7,12H,5-6,8H2,1-2H3,(H,17,18). The Labute approximate surface area is 111 Å². The highest BCUT2D eigenvalue weighted by atomic mass is 16.5. The number of carboxylic acids is 1. The van der Waals surface area contributed by atoms with Gasteiger partial charge in [0.1, 0.15) is 0 Å². The van der Waals surface area contributed by atoms with E-state index in [4.69, 9.17) is 9.84 Å². The third-order valence-corrected chi connectivity index (χ3v) is 3.30. The Morgan fingerprint density at radius 2 is 2.11 bits per heavy atom. The molecular weight excluding hydrogens is 246 g/mol. The Morgan fingerprint density at radius 1 is 1.37 bits per heavy atom. The second kappa shape index (κ2) is 5.40.